The molecule has 10 heteroatoms. The monoisotopic (exact) mass is 423 g/mol. The highest BCUT2D eigenvalue weighted by atomic mass is 35.5. The second kappa shape index (κ2) is 6.91. The van der Waals surface area contributed by atoms with Gasteiger partial charge in [0.1, 0.15) is 5.92 Å². The summed E-state index contributed by atoms with van der Waals surface area (Å²) in [6.07, 6.45) is 7.04. The van der Waals surface area contributed by atoms with Crippen LogP contribution in [-0.2, 0) is 9.53 Å². The molecule has 2 bridgehead atoms. The van der Waals surface area contributed by atoms with Crippen LogP contribution < -0.4 is 4.90 Å². The van der Waals surface area contributed by atoms with E-state index in [9.17, 15) is 4.79 Å². The molecule has 0 N–H and O–H groups in total. The van der Waals surface area contributed by atoms with E-state index < -0.39 is 24.3 Å². The fourth-order valence-electron chi connectivity index (χ4n) is 4.57. The highest BCUT2D eigenvalue weighted by Crippen LogP contribution is 2.39. The van der Waals surface area contributed by atoms with E-state index in [1.165, 1.54) is 10.9 Å². The van der Waals surface area contributed by atoms with Crippen molar-refractivity contribution in [3.63, 3.8) is 0 Å². The summed E-state index contributed by atoms with van der Waals surface area (Å²) < 4.78 is 37.2. The summed E-state index contributed by atoms with van der Waals surface area (Å²) in [7, 11) is 0. The average Bonchev–Trinajstić information content (AvgIpc) is 3.44. The molecule has 0 spiro atoms. The summed E-state index contributed by atoms with van der Waals surface area (Å²) in [5, 5.41) is 4.62. The number of piperidine rings is 1. The number of morpholine rings is 1. The molecule has 0 aromatic carbocycles. The maximum absolute atomic E-state index is 15.1. The van der Waals surface area contributed by atoms with Gasteiger partial charge in [-0.15, -0.1) is 0 Å². The van der Waals surface area contributed by atoms with Gasteiger partial charge in [-0.25, -0.2) is 13.5 Å². The van der Waals surface area contributed by atoms with Gasteiger partial charge in [0.2, 0.25) is 5.91 Å². The summed E-state index contributed by atoms with van der Waals surface area (Å²) in [6.45, 7) is 0.659. The summed E-state index contributed by atoms with van der Waals surface area (Å²) in [5.41, 5.74) is 1.15. The van der Waals surface area contributed by atoms with Gasteiger partial charge < -0.3 is 14.5 Å². The molecule has 3 fully saturated rings. The Hall–Kier alpha value is -2.26. The van der Waals surface area contributed by atoms with Crippen molar-refractivity contribution in [2.75, 3.05) is 31.1 Å². The highest BCUT2D eigenvalue weighted by molar-refractivity contribution is 6.30. The molecule has 0 saturated carbocycles. The van der Waals surface area contributed by atoms with Gasteiger partial charge in [0.15, 0.2) is 0 Å². The lowest BCUT2D eigenvalue weighted by molar-refractivity contribution is -0.156. The first kappa shape index (κ1) is 18.7. The number of halogens is 3. The summed E-state index contributed by atoms with van der Waals surface area (Å²) >= 11 is 5.95. The third-order valence-corrected chi connectivity index (χ3v) is 6.19. The Labute approximate surface area is 171 Å². The average molecular weight is 424 g/mol. The zero-order valence-corrected chi connectivity index (χ0v) is 16.3. The van der Waals surface area contributed by atoms with Crippen LogP contribution in [-0.4, -0.2) is 69.9 Å². The number of fused-ring (bicyclic) bond motifs is 2. The number of alkyl halides is 2. The number of likely N-dealkylation sites (tertiary alicyclic amines) is 1. The van der Waals surface area contributed by atoms with Crippen LogP contribution in [0.25, 0.3) is 5.69 Å². The van der Waals surface area contributed by atoms with Crippen LogP contribution >= 0.6 is 11.6 Å². The third-order valence-electron chi connectivity index (χ3n) is 6.00. The number of hydrogen-bond acceptors (Lipinski definition) is 5. The SMILES string of the molecule is O=C(C1CCN(c2cnccc2-n2cc(Cl)cn2)CC1(F)F)N1C[C@@H]2C[C@H]1CO2. The van der Waals surface area contributed by atoms with Crippen LogP contribution in [0.2, 0.25) is 5.02 Å². The second-order valence-electron chi connectivity index (χ2n) is 7.83. The van der Waals surface area contributed by atoms with E-state index >= 15 is 8.78 Å². The Morgan fingerprint density at radius 3 is 2.83 bits per heavy atom. The van der Waals surface area contributed by atoms with Crippen molar-refractivity contribution >= 4 is 23.2 Å². The Bertz CT molecular complexity index is 939. The van der Waals surface area contributed by atoms with E-state index in [1.54, 1.807) is 34.5 Å². The lowest BCUT2D eigenvalue weighted by Crippen LogP contribution is -2.56. The van der Waals surface area contributed by atoms with Gasteiger partial charge in [-0.3, -0.25) is 9.78 Å². The quantitative estimate of drug-likeness (QED) is 0.758. The number of carbonyl (C=O) groups is 1. The number of ether oxygens (including phenoxy) is 1. The van der Waals surface area contributed by atoms with Gasteiger partial charge in [0.05, 0.1) is 54.1 Å². The zero-order chi connectivity index (χ0) is 20.2. The Balaban J connectivity index is 1.37. The third kappa shape index (κ3) is 3.26. The van der Waals surface area contributed by atoms with E-state index in [0.29, 0.717) is 36.1 Å². The molecule has 3 atom stereocenters. The molecule has 0 radical (unpaired) electrons. The number of carbonyl (C=O) groups excluding carboxylic acids is 1. The molecule has 1 amide bonds. The summed E-state index contributed by atoms with van der Waals surface area (Å²) in [4.78, 5) is 20.1. The molecule has 29 heavy (non-hydrogen) atoms. The van der Waals surface area contributed by atoms with E-state index in [4.69, 9.17) is 16.3 Å². The predicted octanol–water partition coefficient (Wildman–Crippen LogP) is 2.38. The molecule has 5 rings (SSSR count). The fraction of sp³-hybridized carbons (Fsp3) is 0.526. The normalized spacial score (nSPS) is 28.2. The molecule has 2 aromatic rings. The molecule has 3 aliphatic rings. The molecular formula is C19H20ClF2N5O2. The largest absolute Gasteiger partial charge is 0.374 e. The molecule has 3 aliphatic heterocycles. The molecule has 3 saturated heterocycles. The van der Waals surface area contributed by atoms with Crippen molar-refractivity contribution in [3.05, 3.63) is 35.9 Å². The fourth-order valence-corrected chi connectivity index (χ4v) is 4.70. The van der Waals surface area contributed by atoms with Crippen LogP contribution in [0.5, 0.6) is 0 Å². The smallest absolute Gasteiger partial charge is 0.276 e. The number of amides is 1. The Morgan fingerprint density at radius 1 is 1.31 bits per heavy atom. The van der Waals surface area contributed by atoms with Gasteiger partial charge in [-0.2, -0.15) is 5.10 Å². The summed E-state index contributed by atoms with van der Waals surface area (Å²) in [5.74, 6) is -4.90. The van der Waals surface area contributed by atoms with Crippen molar-refractivity contribution in [2.45, 2.75) is 30.9 Å². The maximum Gasteiger partial charge on any atom is 0.276 e. The van der Waals surface area contributed by atoms with Gasteiger partial charge in [-0.05, 0) is 18.9 Å². The molecule has 1 unspecified atom stereocenters. The van der Waals surface area contributed by atoms with Crippen molar-refractivity contribution < 1.29 is 18.3 Å². The number of nitrogens with zero attached hydrogens (tertiary/aromatic N) is 5. The minimum Gasteiger partial charge on any atom is -0.374 e. The van der Waals surface area contributed by atoms with E-state index in [1.807, 2.05) is 0 Å². The van der Waals surface area contributed by atoms with Crippen molar-refractivity contribution in [1.82, 2.24) is 19.7 Å². The zero-order valence-electron chi connectivity index (χ0n) is 15.5. The molecule has 2 aromatic heterocycles. The number of pyridine rings is 1. The summed E-state index contributed by atoms with van der Waals surface area (Å²) in [6, 6.07) is 1.64. The van der Waals surface area contributed by atoms with Gasteiger partial charge in [0.25, 0.3) is 5.92 Å². The second-order valence-corrected chi connectivity index (χ2v) is 8.26. The number of anilines is 1. The number of hydrogen-bond donors (Lipinski definition) is 0. The van der Waals surface area contributed by atoms with Crippen LogP contribution in [0.3, 0.4) is 0 Å². The first-order chi connectivity index (χ1) is 13.9. The predicted molar refractivity (Wildman–Crippen MR) is 101 cm³/mol. The van der Waals surface area contributed by atoms with E-state index in [0.717, 1.165) is 6.42 Å². The Morgan fingerprint density at radius 2 is 2.17 bits per heavy atom. The molecule has 154 valence electrons. The highest BCUT2D eigenvalue weighted by Gasteiger charge is 2.53. The minimum absolute atomic E-state index is 0.00323. The van der Waals surface area contributed by atoms with E-state index in [2.05, 4.69) is 10.1 Å². The Kier molecular flexibility index (Phi) is 4.47. The topological polar surface area (TPSA) is 63.5 Å². The first-order valence-corrected chi connectivity index (χ1v) is 9.99. The number of rotatable bonds is 3. The molecule has 5 heterocycles. The van der Waals surface area contributed by atoms with Crippen molar-refractivity contribution in [1.29, 1.82) is 0 Å². The van der Waals surface area contributed by atoms with Crippen LogP contribution in [0, 0.1) is 5.92 Å². The standard InChI is InChI=1S/C19H20ClF2N5O2/c20-12-6-24-27(8-12)16-1-3-23-7-17(16)25-4-2-15(19(21,22)11-25)18(28)26-9-14-5-13(26)10-29-14/h1,3,6-8,13-15H,2,4-5,9-11H2/t13-,14-,15?/m0/s1. The molecule has 0 aliphatic carbocycles. The minimum atomic E-state index is -3.15. The lowest BCUT2D eigenvalue weighted by Gasteiger charge is -2.41. The lowest BCUT2D eigenvalue weighted by atomic mass is 9.90. The number of aromatic nitrogens is 3. The van der Waals surface area contributed by atoms with Gasteiger partial charge in [0, 0.05) is 25.5 Å². The molecule has 7 nitrogen and oxygen atoms in total. The molecular weight excluding hydrogens is 404 g/mol. The first-order valence-electron chi connectivity index (χ1n) is 9.62. The van der Waals surface area contributed by atoms with Crippen molar-refractivity contribution in [2.24, 2.45) is 5.92 Å². The van der Waals surface area contributed by atoms with Crippen LogP contribution in [0.4, 0.5) is 14.5 Å². The van der Waals surface area contributed by atoms with Gasteiger partial charge in [-0.1, -0.05) is 11.6 Å². The van der Waals surface area contributed by atoms with Gasteiger partial charge >= 0.3 is 0 Å². The van der Waals surface area contributed by atoms with Crippen LogP contribution in [0.15, 0.2) is 30.9 Å². The maximum atomic E-state index is 15.1. The van der Waals surface area contributed by atoms with Crippen LogP contribution in [0.1, 0.15) is 12.8 Å². The van der Waals surface area contributed by atoms with Crippen molar-refractivity contribution in [3.8, 4) is 5.69 Å². The van der Waals surface area contributed by atoms with E-state index in [-0.39, 0.29) is 18.6 Å².